The van der Waals surface area contributed by atoms with Crippen molar-refractivity contribution in [3.05, 3.63) is 53.5 Å². The van der Waals surface area contributed by atoms with E-state index in [-0.39, 0.29) is 29.9 Å². The maximum Gasteiger partial charge on any atom is 0.338 e. The zero-order valence-electron chi connectivity index (χ0n) is 15.0. The summed E-state index contributed by atoms with van der Waals surface area (Å²) >= 11 is 0. The molecular formula is C19H22N2O5. The summed E-state index contributed by atoms with van der Waals surface area (Å²) in [7, 11) is 0. The summed E-state index contributed by atoms with van der Waals surface area (Å²) < 4.78 is 10.1. The van der Waals surface area contributed by atoms with Crippen molar-refractivity contribution in [2.24, 2.45) is 0 Å². The van der Waals surface area contributed by atoms with Gasteiger partial charge in [-0.2, -0.15) is 0 Å². The number of amides is 2. The Bertz CT molecular complexity index is 783. The Kier molecular flexibility index (Phi) is 6.54. The van der Waals surface area contributed by atoms with E-state index in [2.05, 4.69) is 10.6 Å². The number of carbonyl (C=O) groups excluding carboxylic acids is 3. The van der Waals surface area contributed by atoms with Crippen LogP contribution in [0.3, 0.4) is 0 Å². The molecule has 7 heteroatoms. The van der Waals surface area contributed by atoms with Crippen molar-refractivity contribution in [2.45, 2.75) is 33.2 Å². The Hall–Kier alpha value is -3.09. The second-order valence-corrected chi connectivity index (χ2v) is 5.91. The van der Waals surface area contributed by atoms with Crippen LogP contribution in [0.5, 0.6) is 0 Å². The molecule has 26 heavy (non-hydrogen) atoms. The first-order valence-electron chi connectivity index (χ1n) is 8.32. The fourth-order valence-corrected chi connectivity index (χ4v) is 2.11. The Labute approximate surface area is 151 Å². The monoisotopic (exact) mass is 358 g/mol. The van der Waals surface area contributed by atoms with E-state index < -0.39 is 11.9 Å². The van der Waals surface area contributed by atoms with E-state index in [0.29, 0.717) is 5.69 Å². The molecular weight excluding hydrogens is 336 g/mol. The number of ether oxygens (including phenoxy) is 1. The van der Waals surface area contributed by atoms with Gasteiger partial charge in [-0.15, -0.1) is 0 Å². The van der Waals surface area contributed by atoms with Crippen molar-refractivity contribution in [3.63, 3.8) is 0 Å². The molecule has 1 aromatic heterocycles. The van der Waals surface area contributed by atoms with Gasteiger partial charge in [0, 0.05) is 11.7 Å². The van der Waals surface area contributed by atoms with Gasteiger partial charge in [0.1, 0.15) is 0 Å². The highest BCUT2D eigenvalue weighted by atomic mass is 16.5. The number of anilines is 1. The molecule has 7 nitrogen and oxygen atoms in total. The average Bonchev–Trinajstić information content (AvgIpc) is 3.16. The maximum atomic E-state index is 12.1. The highest BCUT2D eigenvalue weighted by molar-refractivity contribution is 6.03. The third-order valence-corrected chi connectivity index (χ3v) is 3.82. The molecule has 0 saturated carbocycles. The summed E-state index contributed by atoms with van der Waals surface area (Å²) in [6.45, 7) is 5.26. The lowest BCUT2D eigenvalue weighted by molar-refractivity contribution is -0.124. The number of aryl methyl sites for hydroxylation is 1. The third-order valence-electron chi connectivity index (χ3n) is 3.82. The molecule has 2 amide bonds. The van der Waals surface area contributed by atoms with Gasteiger partial charge in [-0.25, -0.2) is 4.79 Å². The van der Waals surface area contributed by atoms with Crippen LogP contribution in [0.1, 0.15) is 46.7 Å². The summed E-state index contributed by atoms with van der Waals surface area (Å²) in [5.41, 5.74) is 1.47. The van der Waals surface area contributed by atoms with Crippen LogP contribution < -0.4 is 10.6 Å². The first-order valence-corrected chi connectivity index (χ1v) is 8.32. The van der Waals surface area contributed by atoms with Gasteiger partial charge >= 0.3 is 5.97 Å². The molecule has 2 aromatic rings. The van der Waals surface area contributed by atoms with Gasteiger partial charge in [0.2, 0.25) is 0 Å². The largest absolute Gasteiger partial charge is 0.459 e. The van der Waals surface area contributed by atoms with Crippen molar-refractivity contribution in [1.82, 2.24) is 5.32 Å². The highest BCUT2D eigenvalue weighted by Crippen LogP contribution is 2.19. The fraction of sp³-hybridized carbons (Fsp3) is 0.316. The molecule has 2 N–H and O–H groups in total. The van der Waals surface area contributed by atoms with Crippen LogP contribution in [-0.2, 0) is 9.53 Å². The van der Waals surface area contributed by atoms with Crippen LogP contribution in [0.15, 0.2) is 41.0 Å². The number of furan rings is 1. The molecule has 0 unspecified atom stereocenters. The summed E-state index contributed by atoms with van der Waals surface area (Å²) in [5, 5.41) is 5.40. The minimum Gasteiger partial charge on any atom is -0.459 e. The van der Waals surface area contributed by atoms with Crippen LogP contribution >= 0.6 is 0 Å². The zero-order valence-corrected chi connectivity index (χ0v) is 15.0. The number of nitrogens with one attached hydrogen (secondary N) is 2. The fourth-order valence-electron chi connectivity index (χ4n) is 2.11. The Morgan fingerprint density at radius 1 is 1.23 bits per heavy atom. The number of carbonyl (C=O) groups is 3. The normalized spacial score (nSPS) is 11.5. The van der Waals surface area contributed by atoms with E-state index >= 15 is 0 Å². The van der Waals surface area contributed by atoms with E-state index in [0.717, 1.165) is 12.0 Å². The van der Waals surface area contributed by atoms with Crippen LogP contribution in [0.25, 0.3) is 0 Å². The molecule has 0 aliphatic heterocycles. The Balaban J connectivity index is 2.00. The molecule has 0 aliphatic carbocycles. The zero-order chi connectivity index (χ0) is 19.1. The van der Waals surface area contributed by atoms with Gasteiger partial charge in [-0.1, -0.05) is 13.0 Å². The average molecular weight is 358 g/mol. The van der Waals surface area contributed by atoms with Crippen LogP contribution in [0, 0.1) is 6.92 Å². The van der Waals surface area contributed by atoms with Gasteiger partial charge in [-0.3, -0.25) is 9.59 Å². The lowest BCUT2D eigenvalue weighted by Crippen LogP contribution is -2.35. The van der Waals surface area contributed by atoms with Gasteiger partial charge in [-0.05, 0) is 50.1 Å². The van der Waals surface area contributed by atoms with E-state index in [9.17, 15) is 14.4 Å². The second-order valence-electron chi connectivity index (χ2n) is 5.91. The smallest absolute Gasteiger partial charge is 0.338 e. The third kappa shape index (κ3) is 5.20. The van der Waals surface area contributed by atoms with E-state index in [1.54, 1.807) is 31.2 Å². The maximum absolute atomic E-state index is 12.1. The van der Waals surface area contributed by atoms with E-state index in [4.69, 9.17) is 9.15 Å². The van der Waals surface area contributed by atoms with Gasteiger partial charge < -0.3 is 19.8 Å². The van der Waals surface area contributed by atoms with E-state index in [1.165, 1.54) is 12.3 Å². The lowest BCUT2D eigenvalue weighted by Gasteiger charge is -2.12. The highest BCUT2D eigenvalue weighted by Gasteiger charge is 2.15. The SMILES string of the molecule is CC[C@@H](C)NC(=O)COC(=O)c1ccc(C)c(NC(=O)c2ccco2)c1. The number of benzene rings is 1. The molecule has 1 atom stereocenters. The van der Waals surface area contributed by atoms with Gasteiger partial charge in [0.25, 0.3) is 11.8 Å². The van der Waals surface area contributed by atoms with E-state index in [1.807, 2.05) is 13.8 Å². The predicted octanol–water partition coefficient (Wildman–Crippen LogP) is 2.91. The second kappa shape index (κ2) is 8.84. The molecule has 0 bridgehead atoms. The number of hydrogen-bond acceptors (Lipinski definition) is 5. The topological polar surface area (TPSA) is 97.6 Å². The minimum atomic E-state index is -0.641. The van der Waals surface area contributed by atoms with Crippen molar-refractivity contribution in [2.75, 3.05) is 11.9 Å². The van der Waals surface area contributed by atoms with Crippen LogP contribution in [-0.4, -0.2) is 30.4 Å². The number of esters is 1. The van der Waals surface area contributed by atoms with Crippen molar-refractivity contribution in [1.29, 1.82) is 0 Å². The van der Waals surface area contributed by atoms with Gasteiger partial charge in [0.15, 0.2) is 12.4 Å². The Morgan fingerprint density at radius 3 is 2.65 bits per heavy atom. The first-order chi connectivity index (χ1) is 12.4. The molecule has 0 radical (unpaired) electrons. The number of rotatable bonds is 7. The molecule has 0 spiro atoms. The summed E-state index contributed by atoms with van der Waals surface area (Å²) in [6.07, 6.45) is 2.19. The molecule has 2 rings (SSSR count). The summed E-state index contributed by atoms with van der Waals surface area (Å²) in [5.74, 6) is -1.25. The standard InChI is InChI=1S/C19H22N2O5/c1-4-13(3)20-17(22)11-26-19(24)14-8-7-12(2)15(10-14)21-18(23)16-6-5-9-25-16/h5-10,13H,4,11H2,1-3H3,(H,20,22)(H,21,23)/t13-/m1/s1. The Morgan fingerprint density at radius 2 is 2.00 bits per heavy atom. The molecule has 1 aromatic carbocycles. The first kappa shape index (κ1) is 19.2. The predicted molar refractivity (Wildman–Crippen MR) is 96.0 cm³/mol. The van der Waals surface area contributed by atoms with Crippen molar-refractivity contribution in [3.8, 4) is 0 Å². The van der Waals surface area contributed by atoms with Crippen molar-refractivity contribution >= 4 is 23.5 Å². The molecule has 138 valence electrons. The van der Waals surface area contributed by atoms with Gasteiger partial charge in [0.05, 0.1) is 11.8 Å². The van der Waals surface area contributed by atoms with Crippen molar-refractivity contribution < 1.29 is 23.5 Å². The summed E-state index contributed by atoms with van der Waals surface area (Å²) in [6, 6.07) is 7.94. The van der Waals surface area contributed by atoms with Crippen LogP contribution in [0.2, 0.25) is 0 Å². The minimum absolute atomic E-state index is 0.0176. The molecule has 0 fully saturated rings. The number of hydrogen-bond donors (Lipinski definition) is 2. The van der Waals surface area contributed by atoms with Crippen LogP contribution in [0.4, 0.5) is 5.69 Å². The quantitative estimate of drug-likeness (QED) is 0.742. The lowest BCUT2D eigenvalue weighted by atomic mass is 10.1. The molecule has 0 saturated heterocycles. The summed E-state index contributed by atoms with van der Waals surface area (Å²) in [4.78, 5) is 35.9. The molecule has 0 aliphatic rings. The molecule has 1 heterocycles.